The second kappa shape index (κ2) is 7.36. The summed E-state index contributed by atoms with van der Waals surface area (Å²) in [5.74, 6) is 0.815. The highest BCUT2D eigenvalue weighted by Gasteiger charge is 2.21. The van der Waals surface area contributed by atoms with Crippen LogP contribution in [0.3, 0.4) is 0 Å². The number of hydrogen-bond acceptors (Lipinski definition) is 4. The predicted octanol–water partition coefficient (Wildman–Crippen LogP) is 1.93. The number of benzene rings is 1. The third-order valence-electron chi connectivity index (χ3n) is 3.40. The van der Waals surface area contributed by atoms with Crippen LogP contribution in [0.15, 0.2) is 24.3 Å². The maximum atomic E-state index is 11.8. The van der Waals surface area contributed by atoms with Crippen LogP contribution in [0.5, 0.6) is 0 Å². The van der Waals surface area contributed by atoms with Crippen LogP contribution in [-0.4, -0.2) is 49.0 Å². The molecule has 2 amide bonds. The number of carbonyl (C=O) groups is 2. The maximum Gasteiger partial charge on any atom is 0.281 e. The fraction of sp³-hybridized carbons (Fsp3) is 0.467. The van der Waals surface area contributed by atoms with Gasteiger partial charge in [0.2, 0.25) is 5.91 Å². The Labute approximate surface area is 129 Å². The lowest BCUT2D eigenvalue weighted by Gasteiger charge is -2.14. The summed E-state index contributed by atoms with van der Waals surface area (Å²) in [6.07, 6.45) is 0.363. The summed E-state index contributed by atoms with van der Waals surface area (Å²) in [7, 11) is 3.99. The summed E-state index contributed by atoms with van der Waals surface area (Å²) < 4.78 is 0. The molecule has 21 heavy (non-hydrogen) atoms. The van der Waals surface area contributed by atoms with Gasteiger partial charge in [-0.15, -0.1) is 0 Å². The van der Waals surface area contributed by atoms with Crippen molar-refractivity contribution in [1.82, 2.24) is 10.2 Å². The van der Waals surface area contributed by atoms with Crippen LogP contribution in [-0.2, 0) is 11.3 Å². The average molecular weight is 307 g/mol. The summed E-state index contributed by atoms with van der Waals surface area (Å²) >= 11 is 1.32. The van der Waals surface area contributed by atoms with Crippen LogP contribution in [0, 0.1) is 0 Å². The number of nitrogens with one attached hydrogen (secondary N) is 1. The zero-order chi connectivity index (χ0) is 15.2. The molecule has 0 aliphatic carbocycles. The molecule has 6 heteroatoms. The van der Waals surface area contributed by atoms with Gasteiger partial charge in [0.1, 0.15) is 0 Å². The van der Waals surface area contributed by atoms with E-state index in [1.165, 1.54) is 11.8 Å². The second-order valence-corrected chi connectivity index (χ2v) is 6.24. The number of anilines is 1. The monoisotopic (exact) mass is 307 g/mol. The molecule has 0 spiro atoms. The van der Waals surface area contributed by atoms with Crippen molar-refractivity contribution < 1.29 is 9.59 Å². The molecule has 1 aromatic rings. The Bertz CT molecular complexity index is 502. The summed E-state index contributed by atoms with van der Waals surface area (Å²) in [5.41, 5.74) is 2.21. The molecule has 1 saturated heterocycles. The lowest BCUT2D eigenvalue weighted by molar-refractivity contribution is -0.121. The first kappa shape index (κ1) is 15.7. The zero-order valence-electron chi connectivity index (χ0n) is 12.5. The molecule has 0 aromatic heterocycles. The van der Waals surface area contributed by atoms with Gasteiger partial charge in [-0.3, -0.25) is 9.59 Å². The van der Waals surface area contributed by atoms with Crippen LogP contribution in [0.2, 0.25) is 0 Å². The third kappa shape index (κ3) is 4.67. The van der Waals surface area contributed by atoms with Crippen LogP contribution in [0.25, 0.3) is 0 Å². The van der Waals surface area contributed by atoms with E-state index in [2.05, 4.69) is 5.32 Å². The SMILES string of the molecule is CN(C)c1ccc(CNC(=O)CCN2CCSC2=O)cc1. The maximum absolute atomic E-state index is 11.8. The van der Waals surface area contributed by atoms with E-state index in [-0.39, 0.29) is 11.1 Å². The highest BCUT2D eigenvalue weighted by Crippen LogP contribution is 2.17. The molecule has 2 rings (SSSR count). The molecule has 0 atom stereocenters. The molecule has 0 unspecified atom stereocenters. The summed E-state index contributed by atoms with van der Waals surface area (Å²) in [6, 6.07) is 8.08. The van der Waals surface area contributed by atoms with Gasteiger partial charge >= 0.3 is 0 Å². The normalized spacial score (nSPS) is 14.4. The van der Waals surface area contributed by atoms with E-state index in [0.29, 0.717) is 19.5 Å². The van der Waals surface area contributed by atoms with E-state index < -0.39 is 0 Å². The molecule has 0 saturated carbocycles. The van der Waals surface area contributed by atoms with Gasteiger partial charge in [0.15, 0.2) is 0 Å². The van der Waals surface area contributed by atoms with Gasteiger partial charge in [-0.1, -0.05) is 23.9 Å². The predicted molar refractivity (Wildman–Crippen MR) is 86.7 cm³/mol. The fourth-order valence-electron chi connectivity index (χ4n) is 2.07. The highest BCUT2D eigenvalue weighted by atomic mass is 32.2. The second-order valence-electron chi connectivity index (χ2n) is 5.19. The molecule has 5 nitrogen and oxygen atoms in total. The van der Waals surface area contributed by atoms with Crippen molar-refractivity contribution in [2.24, 2.45) is 0 Å². The van der Waals surface area contributed by atoms with E-state index in [9.17, 15) is 9.59 Å². The van der Waals surface area contributed by atoms with Crippen LogP contribution >= 0.6 is 11.8 Å². The minimum Gasteiger partial charge on any atom is -0.378 e. The van der Waals surface area contributed by atoms with E-state index in [1.54, 1.807) is 4.90 Å². The van der Waals surface area contributed by atoms with Crippen molar-refractivity contribution in [3.63, 3.8) is 0 Å². The molecule has 1 N–H and O–H groups in total. The Morgan fingerprint density at radius 2 is 2.05 bits per heavy atom. The number of amides is 2. The van der Waals surface area contributed by atoms with E-state index in [4.69, 9.17) is 0 Å². The molecule has 1 aromatic carbocycles. The highest BCUT2D eigenvalue weighted by molar-refractivity contribution is 8.13. The van der Waals surface area contributed by atoms with Gasteiger partial charge in [0.05, 0.1) is 0 Å². The van der Waals surface area contributed by atoms with E-state index >= 15 is 0 Å². The Kier molecular flexibility index (Phi) is 5.50. The van der Waals surface area contributed by atoms with Crippen LogP contribution in [0.1, 0.15) is 12.0 Å². The van der Waals surface area contributed by atoms with Crippen molar-refractivity contribution >= 4 is 28.6 Å². The van der Waals surface area contributed by atoms with Crippen molar-refractivity contribution in [1.29, 1.82) is 0 Å². The summed E-state index contributed by atoms with van der Waals surface area (Å²) in [4.78, 5) is 27.0. The van der Waals surface area contributed by atoms with Crippen molar-refractivity contribution in [2.75, 3.05) is 37.8 Å². The molecular formula is C15H21N3O2S. The number of carbonyl (C=O) groups excluding carboxylic acids is 2. The number of thioether (sulfide) groups is 1. The third-order valence-corrected chi connectivity index (χ3v) is 4.29. The molecule has 1 aliphatic rings. The topological polar surface area (TPSA) is 52.7 Å². The Hall–Kier alpha value is -1.69. The van der Waals surface area contributed by atoms with Gasteiger partial charge < -0.3 is 15.1 Å². The molecular weight excluding hydrogens is 286 g/mol. The van der Waals surface area contributed by atoms with Crippen LogP contribution < -0.4 is 10.2 Å². The first-order valence-electron chi connectivity index (χ1n) is 7.01. The fourth-order valence-corrected chi connectivity index (χ4v) is 2.92. The lowest BCUT2D eigenvalue weighted by atomic mass is 10.2. The van der Waals surface area contributed by atoms with Gasteiger partial charge in [-0.05, 0) is 17.7 Å². The number of nitrogens with zero attached hydrogens (tertiary/aromatic N) is 2. The van der Waals surface area contributed by atoms with Gasteiger partial charge in [-0.25, -0.2) is 0 Å². The van der Waals surface area contributed by atoms with E-state index in [0.717, 1.165) is 23.5 Å². The van der Waals surface area contributed by atoms with Gasteiger partial charge in [-0.2, -0.15) is 0 Å². The quantitative estimate of drug-likeness (QED) is 0.872. The number of hydrogen-bond donors (Lipinski definition) is 1. The molecule has 0 radical (unpaired) electrons. The van der Waals surface area contributed by atoms with Crippen molar-refractivity contribution in [3.05, 3.63) is 29.8 Å². The Morgan fingerprint density at radius 1 is 1.33 bits per heavy atom. The number of rotatable bonds is 6. The summed E-state index contributed by atoms with van der Waals surface area (Å²) in [5, 5.41) is 2.97. The van der Waals surface area contributed by atoms with E-state index in [1.807, 2.05) is 43.3 Å². The average Bonchev–Trinajstić information content (AvgIpc) is 2.88. The molecule has 0 bridgehead atoms. The molecule has 1 heterocycles. The molecule has 1 fully saturated rings. The first-order chi connectivity index (χ1) is 10.1. The van der Waals surface area contributed by atoms with Crippen molar-refractivity contribution in [3.8, 4) is 0 Å². The Balaban J connectivity index is 1.72. The van der Waals surface area contributed by atoms with Crippen molar-refractivity contribution in [2.45, 2.75) is 13.0 Å². The lowest BCUT2D eigenvalue weighted by Crippen LogP contribution is -2.30. The smallest absolute Gasteiger partial charge is 0.281 e. The molecule has 1 aliphatic heterocycles. The Morgan fingerprint density at radius 3 is 2.62 bits per heavy atom. The molecule has 114 valence electrons. The summed E-state index contributed by atoms with van der Waals surface area (Å²) in [6.45, 7) is 1.79. The van der Waals surface area contributed by atoms with Crippen LogP contribution in [0.4, 0.5) is 10.5 Å². The minimum atomic E-state index is -0.0172. The van der Waals surface area contributed by atoms with Gasteiger partial charge in [0.25, 0.3) is 5.24 Å². The largest absolute Gasteiger partial charge is 0.378 e. The zero-order valence-corrected chi connectivity index (χ0v) is 13.3. The standard InChI is InChI=1S/C15H21N3O2S/c1-17(2)13-5-3-12(4-6-13)11-16-14(19)7-8-18-9-10-21-15(18)20/h3-6H,7-11H2,1-2H3,(H,16,19). The first-order valence-corrected chi connectivity index (χ1v) is 7.99. The minimum absolute atomic E-state index is 0.0172. The van der Waals surface area contributed by atoms with Gasteiger partial charge in [0, 0.05) is 51.6 Å².